The molecular weight excluding hydrogens is 318 g/mol. The van der Waals surface area contributed by atoms with Gasteiger partial charge in [0.1, 0.15) is 12.4 Å². The minimum atomic E-state index is -0.371. The van der Waals surface area contributed by atoms with Gasteiger partial charge < -0.3 is 15.0 Å². The number of fused-ring (bicyclic) bond motifs is 1. The van der Waals surface area contributed by atoms with Gasteiger partial charge in [-0.15, -0.1) is 0 Å². The molecule has 2 heterocycles. The van der Waals surface area contributed by atoms with Crippen molar-refractivity contribution in [3.05, 3.63) is 47.4 Å². The van der Waals surface area contributed by atoms with Crippen LogP contribution >= 0.6 is 0 Å². The number of methoxy groups -OCH3 is 1. The molecule has 2 aromatic rings. The first kappa shape index (κ1) is 17.0. The summed E-state index contributed by atoms with van der Waals surface area (Å²) in [5.74, 6) is 0.243. The number of benzene rings is 1. The molecule has 1 aromatic heterocycles. The van der Waals surface area contributed by atoms with Crippen LogP contribution < -0.4 is 10.2 Å². The molecule has 0 amide bonds. The molecule has 25 heavy (non-hydrogen) atoms. The molecule has 0 saturated heterocycles. The minimum absolute atomic E-state index is 0.364. The molecule has 7 heteroatoms. The number of allylic oxidation sites excluding steroid dienone is 1. The second-order valence-corrected chi connectivity index (χ2v) is 5.85. The highest BCUT2D eigenvalue weighted by Crippen LogP contribution is 2.35. The fourth-order valence-electron chi connectivity index (χ4n) is 3.23. The van der Waals surface area contributed by atoms with Gasteiger partial charge in [0.25, 0.3) is 0 Å². The molecule has 0 radical (unpaired) electrons. The van der Waals surface area contributed by atoms with E-state index in [0.717, 1.165) is 30.0 Å². The molecule has 0 unspecified atom stereocenters. The molecule has 1 aliphatic rings. The van der Waals surface area contributed by atoms with Crippen LogP contribution in [0.4, 0.5) is 11.6 Å². The Labute approximate surface area is 147 Å². The number of hydrogen-bond donors (Lipinski definition) is 1. The molecule has 0 bridgehead atoms. The number of rotatable bonds is 5. The Bertz CT molecular complexity index is 790. The maximum absolute atomic E-state index is 12.4. The molecule has 1 N–H and O–H groups in total. The van der Waals surface area contributed by atoms with E-state index >= 15 is 0 Å². The number of carbonyl (C=O) groups excluding carboxylic acids is 1. The first-order valence-electron chi connectivity index (χ1n) is 8.41. The number of carbonyl (C=O) groups is 1. The van der Waals surface area contributed by atoms with Crippen molar-refractivity contribution in [3.8, 4) is 0 Å². The third kappa shape index (κ3) is 2.97. The molecule has 0 saturated carbocycles. The molecule has 0 aliphatic carbocycles. The predicted molar refractivity (Wildman–Crippen MR) is 96.5 cm³/mol. The molecule has 1 aliphatic heterocycles. The molecule has 0 fully saturated rings. The molecule has 132 valence electrons. The van der Waals surface area contributed by atoms with Crippen LogP contribution in [-0.2, 0) is 9.53 Å². The van der Waals surface area contributed by atoms with E-state index in [4.69, 9.17) is 4.74 Å². The standard InChI is InChI=1S/C18H23N5O2/c1-5-22(6-2)14-9-7-13(8-10-14)16-15(17(24)25-4)12(3)21-18-19-11-20-23(16)18/h7-11,16H,5-6H2,1-4H3,(H,19,20,21)/t16-/m0/s1. The first-order chi connectivity index (χ1) is 12.1. The Morgan fingerprint density at radius 2 is 1.96 bits per heavy atom. The van der Waals surface area contributed by atoms with E-state index < -0.39 is 0 Å². The summed E-state index contributed by atoms with van der Waals surface area (Å²) in [6.07, 6.45) is 1.48. The van der Waals surface area contributed by atoms with Crippen LogP contribution in [0.1, 0.15) is 32.4 Å². The number of aromatic nitrogens is 3. The Morgan fingerprint density at radius 1 is 1.28 bits per heavy atom. The van der Waals surface area contributed by atoms with Gasteiger partial charge in [-0.05, 0) is 38.5 Å². The molecule has 1 aromatic carbocycles. The number of esters is 1. The lowest BCUT2D eigenvalue weighted by atomic mass is 9.95. The number of hydrogen-bond acceptors (Lipinski definition) is 6. The summed E-state index contributed by atoms with van der Waals surface area (Å²) in [6, 6.07) is 7.85. The Hall–Kier alpha value is -2.83. The van der Waals surface area contributed by atoms with Gasteiger partial charge in [0, 0.05) is 24.5 Å². The summed E-state index contributed by atoms with van der Waals surface area (Å²) < 4.78 is 6.71. The normalized spacial score (nSPS) is 16.2. The average Bonchev–Trinajstić information content (AvgIpc) is 3.09. The lowest BCUT2D eigenvalue weighted by molar-refractivity contribution is -0.136. The van der Waals surface area contributed by atoms with Crippen molar-refractivity contribution in [1.82, 2.24) is 14.8 Å². The molecular formula is C18H23N5O2. The SMILES string of the molecule is CCN(CC)c1ccc([C@H]2C(C(=O)OC)=C(C)Nc3ncnn32)cc1. The van der Waals surface area contributed by atoms with Gasteiger partial charge in [0.2, 0.25) is 5.95 Å². The van der Waals surface area contributed by atoms with Crippen LogP contribution in [0.25, 0.3) is 0 Å². The largest absolute Gasteiger partial charge is 0.466 e. The zero-order valence-electron chi connectivity index (χ0n) is 15.0. The van der Waals surface area contributed by atoms with Gasteiger partial charge >= 0.3 is 5.97 Å². The predicted octanol–water partition coefficient (Wildman–Crippen LogP) is 2.59. The summed E-state index contributed by atoms with van der Waals surface area (Å²) >= 11 is 0. The Balaban J connectivity index is 2.05. The zero-order chi connectivity index (χ0) is 18.0. The van der Waals surface area contributed by atoms with Crippen molar-refractivity contribution in [2.24, 2.45) is 0 Å². The van der Waals surface area contributed by atoms with Gasteiger partial charge in [-0.3, -0.25) is 0 Å². The van der Waals surface area contributed by atoms with Gasteiger partial charge in [0.15, 0.2) is 0 Å². The van der Waals surface area contributed by atoms with E-state index in [2.05, 4.69) is 46.3 Å². The van der Waals surface area contributed by atoms with Crippen LogP contribution in [0.3, 0.4) is 0 Å². The minimum Gasteiger partial charge on any atom is -0.466 e. The Morgan fingerprint density at radius 3 is 2.56 bits per heavy atom. The summed E-state index contributed by atoms with van der Waals surface area (Å²) in [6.45, 7) is 8.01. The number of nitrogens with zero attached hydrogens (tertiary/aromatic N) is 4. The fraction of sp³-hybridized carbons (Fsp3) is 0.389. The number of nitrogens with one attached hydrogen (secondary N) is 1. The van der Waals surface area contributed by atoms with Crippen LogP contribution in [0.15, 0.2) is 41.9 Å². The highest BCUT2D eigenvalue weighted by atomic mass is 16.5. The maximum atomic E-state index is 12.4. The van der Waals surface area contributed by atoms with Crippen LogP contribution in [0.2, 0.25) is 0 Å². The second-order valence-electron chi connectivity index (χ2n) is 5.85. The quantitative estimate of drug-likeness (QED) is 0.843. The monoisotopic (exact) mass is 341 g/mol. The molecule has 1 atom stereocenters. The van der Waals surface area contributed by atoms with E-state index in [0.29, 0.717) is 11.5 Å². The van der Waals surface area contributed by atoms with E-state index in [-0.39, 0.29) is 12.0 Å². The first-order valence-corrected chi connectivity index (χ1v) is 8.41. The number of anilines is 2. The van der Waals surface area contributed by atoms with Gasteiger partial charge in [-0.1, -0.05) is 12.1 Å². The van der Waals surface area contributed by atoms with Gasteiger partial charge in [-0.25, -0.2) is 9.48 Å². The lowest BCUT2D eigenvalue weighted by Crippen LogP contribution is -2.29. The van der Waals surface area contributed by atoms with Crippen molar-refractivity contribution in [2.75, 3.05) is 30.4 Å². The van der Waals surface area contributed by atoms with Crippen LogP contribution in [0.5, 0.6) is 0 Å². The topological polar surface area (TPSA) is 72.3 Å². The van der Waals surface area contributed by atoms with Gasteiger partial charge in [-0.2, -0.15) is 10.1 Å². The van der Waals surface area contributed by atoms with Crippen molar-refractivity contribution >= 4 is 17.6 Å². The number of ether oxygens (including phenoxy) is 1. The summed E-state index contributed by atoms with van der Waals surface area (Å²) in [5, 5.41) is 7.41. The maximum Gasteiger partial charge on any atom is 0.338 e. The Kier molecular flexibility index (Phi) is 4.74. The molecule has 7 nitrogen and oxygen atoms in total. The van der Waals surface area contributed by atoms with E-state index in [1.165, 1.54) is 13.4 Å². The van der Waals surface area contributed by atoms with E-state index in [9.17, 15) is 4.79 Å². The van der Waals surface area contributed by atoms with E-state index in [1.54, 1.807) is 4.68 Å². The van der Waals surface area contributed by atoms with Crippen molar-refractivity contribution in [1.29, 1.82) is 0 Å². The molecule has 3 rings (SSSR count). The molecule has 0 spiro atoms. The van der Waals surface area contributed by atoms with E-state index in [1.807, 2.05) is 19.1 Å². The highest BCUT2D eigenvalue weighted by Gasteiger charge is 2.33. The van der Waals surface area contributed by atoms with Crippen LogP contribution in [0, 0.1) is 0 Å². The third-order valence-corrected chi connectivity index (χ3v) is 4.54. The van der Waals surface area contributed by atoms with Gasteiger partial charge in [0.05, 0.1) is 12.7 Å². The van der Waals surface area contributed by atoms with Crippen molar-refractivity contribution in [2.45, 2.75) is 26.8 Å². The summed E-state index contributed by atoms with van der Waals surface area (Å²) in [4.78, 5) is 18.9. The smallest absolute Gasteiger partial charge is 0.338 e. The van der Waals surface area contributed by atoms with Crippen molar-refractivity contribution in [3.63, 3.8) is 0 Å². The zero-order valence-corrected chi connectivity index (χ0v) is 15.0. The second kappa shape index (κ2) is 6.96. The lowest BCUT2D eigenvalue weighted by Gasteiger charge is -2.28. The van der Waals surface area contributed by atoms with Crippen LogP contribution in [-0.4, -0.2) is 40.9 Å². The van der Waals surface area contributed by atoms with Crippen molar-refractivity contribution < 1.29 is 9.53 Å². The third-order valence-electron chi connectivity index (χ3n) is 4.54. The fourth-order valence-corrected chi connectivity index (χ4v) is 3.23. The summed E-state index contributed by atoms with van der Waals surface area (Å²) in [5.41, 5.74) is 3.38. The highest BCUT2D eigenvalue weighted by molar-refractivity contribution is 5.92. The summed E-state index contributed by atoms with van der Waals surface area (Å²) in [7, 11) is 1.39. The average molecular weight is 341 g/mol.